The standard InChI is InChI=1S/C17H19ClFN3O/c18-15-7-12(1-2-16(15)19)8-22-9-13-3-5-21-11-17(13)23-14-4-6-20-10-14/h1-3,5,7,11,14,20,22H,4,6,8-10H2/t14-/m0/s1. The molecule has 6 heteroatoms. The highest BCUT2D eigenvalue weighted by molar-refractivity contribution is 6.30. The topological polar surface area (TPSA) is 46.2 Å². The van der Waals surface area contributed by atoms with Crippen LogP contribution in [0.1, 0.15) is 17.5 Å². The molecule has 0 radical (unpaired) electrons. The van der Waals surface area contributed by atoms with Gasteiger partial charge in [0.2, 0.25) is 0 Å². The third kappa shape index (κ3) is 4.41. The van der Waals surface area contributed by atoms with Gasteiger partial charge in [-0.1, -0.05) is 17.7 Å². The number of aromatic nitrogens is 1. The van der Waals surface area contributed by atoms with Crippen LogP contribution >= 0.6 is 11.6 Å². The van der Waals surface area contributed by atoms with Crippen molar-refractivity contribution in [2.24, 2.45) is 0 Å². The molecule has 0 spiro atoms. The number of benzene rings is 1. The van der Waals surface area contributed by atoms with E-state index < -0.39 is 5.82 Å². The first-order chi connectivity index (χ1) is 11.2. The second-order valence-corrected chi connectivity index (χ2v) is 5.98. The van der Waals surface area contributed by atoms with Crippen molar-refractivity contribution in [1.29, 1.82) is 0 Å². The number of ether oxygens (including phenoxy) is 1. The summed E-state index contributed by atoms with van der Waals surface area (Å²) in [7, 11) is 0. The molecule has 1 aliphatic heterocycles. The molecule has 1 fully saturated rings. The van der Waals surface area contributed by atoms with E-state index in [2.05, 4.69) is 15.6 Å². The fourth-order valence-electron chi connectivity index (χ4n) is 2.56. The second-order valence-electron chi connectivity index (χ2n) is 5.57. The molecule has 1 saturated heterocycles. The molecule has 2 aromatic rings. The monoisotopic (exact) mass is 335 g/mol. The summed E-state index contributed by atoms with van der Waals surface area (Å²) >= 11 is 5.79. The number of pyridine rings is 1. The Hall–Kier alpha value is -1.69. The number of hydrogen-bond donors (Lipinski definition) is 2. The first-order valence-electron chi connectivity index (χ1n) is 7.67. The first kappa shape index (κ1) is 16.2. The van der Waals surface area contributed by atoms with Gasteiger partial charge in [-0.3, -0.25) is 4.98 Å². The van der Waals surface area contributed by atoms with Crippen LogP contribution in [0.2, 0.25) is 5.02 Å². The van der Waals surface area contributed by atoms with Gasteiger partial charge >= 0.3 is 0 Å². The van der Waals surface area contributed by atoms with Gasteiger partial charge in [0.15, 0.2) is 0 Å². The van der Waals surface area contributed by atoms with Crippen LogP contribution < -0.4 is 15.4 Å². The molecule has 2 N–H and O–H groups in total. The number of nitrogens with zero attached hydrogens (tertiary/aromatic N) is 1. The zero-order valence-electron chi connectivity index (χ0n) is 12.7. The third-order valence-electron chi connectivity index (χ3n) is 3.81. The fraction of sp³-hybridized carbons (Fsp3) is 0.353. The van der Waals surface area contributed by atoms with E-state index in [0.29, 0.717) is 13.1 Å². The summed E-state index contributed by atoms with van der Waals surface area (Å²) in [4.78, 5) is 4.14. The summed E-state index contributed by atoms with van der Waals surface area (Å²) in [5.74, 6) is 0.413. The lowest BCUT2D eigenvalue weighted by Gasteiger charge is -2.16. The molecule has 0 saturated carbocycles. The second kappa shape index (κ2) is 7.73. The summed E-state index contributed by atoms with van der Waals surface area (Å²) < 4.78 is 19.2. The molecule has 1 aromatic heterocycles. The van der Waals surface area contributed by atoms with Gasteiger partial charge in [0.1, 0.15) is 17.7 Å². The molecular weight excluding hydrogens is 317 g/mol. The predicted molar refractivity (Wildman–Crippen MR) is 88.1 cm³/mol. The number of nitrogens with one attached hydrogen (secondary N) is 2. The van der Waals surface area contributed by atoms with E-state index in [4.69, 9.17) is 16.3 Å². The van der Waals surface area contributed by atoms with E-state index in [1.54, 1.807) is 24.5 Å². The zero-order chi connectivity index (χ0) is 16.1. The maximum Gasteiger partial charge on any atom is 0.142 e. The largest absolute Gasteiger partial charge is 0.487 e. The zero-order valence-corrected chi connectivity index (χ0v) is 13.4. The summed E-state index contributed by atoms with van der Waals surface area (Å²) in [5.41, 5.74) is 1.99. The molecule has 0 bridgehead atoms. The highest BCUT2D eigenvalue weighted by atomic mass is 35.5. The summed E-state index contributed by atoms with van der Waals surface area (Å²) in [6.45, 7) is 3.11. The molecule has 122 valence electrons. The van der Waals surface area contributed by atoms with Crippen molar-refractivity contribution >= 4 is 11.6 Å². The van der Waals surface area contributed by atoms with E-state index in [0.717, 1.165) is 36.4 Å². The molecule has 0 amide bonds. The molecule has 0 aliphatic carbocycles. The van der Waals surface area contributed by atoms with Gasteiger partial charge in [-0.25, -0.2) is 4.39 Å². The molecule has 1 aliphatic rings. The van der Waals surface area contributed by atoms with Crippen LogP contribution in [-0.2, 0) is 13.1 Å². The SMILES string of the molecule is Fc1ccc(CNCc2ccncc2O[C@H]2CCNC2)cc1Cl. The highest BCUT2D eigenvalue weighted by Crippen LogP contribution is 2.20. The Bertz CT molecular complexity index is 662. The molecule has 2 heterocycles. The summed E-state index contributed by atoms with van der Waals surface area (Å²) in [5, 5.41) is 6.75. The van der Waals surface area contributed by atoms with Crippen LogP contribution in [0.3, 0.4) is 0 Å². The average molecular weight is 336 g/mol. The lowest BCUT2D eigenvalue weighted by molar-refractivity contribution is 0.219. The molecule has 0 unspecified atom stereocenters. The smallest absolute Gasteiger partial charge is 0.142 e. The molecule has 3 rings (SSSR count). The van der Waals surface area contributed by atoms with Crippen LogP contribution in [-0.4, -0.2) is 24.2 Å². The van der Waals surface area contributed by atoms with Crippen LogP contribution in [0.4, 0.5) is 4.39 Å². The van der Waals surface area contributed by atoms with Crippen LogP contribution in [0.15, 0.2) is 36.7 Å². The van der Waals surface area contributed by atoms with E-state index in [1.165, 1.54) is 6.07 Å². The maximum absolute atomic E-state index is 13.2. The van der Waals surface area contributed by atoms with Crippen molar-refractivity contribution in [3.8, 4) is 5.75 Å². The predicted octanol–water partition coefficient (Wildman–Crippen LogP) is 2.90. The van der Waals surface area contributed by atoms with Gasteiger partial charge in [-0.05, 0) is 36.7 Å². The van der Waals surface area contributed by atoms with Gasteiger partial charge in [0.25, 0.3) is 0 Å². The Balaban J connectivity index is 1.58. The Morgan fingerprint density at radius 2 is 2.26 bits per heavy atom. The van der Waals surface area contributed by atoms with Crippen molar-refractivity contribution in [1.82, 2.24) is 15.6 Å². The minimum absolute atomic E-state index is 0.144. The first-order valence-corrected chi connectivity index (χ1v) is 8.05. The lowest BCUT2D eigenvalue weighted by Crippen LogP contribution is -2.21. The Morgan fingerprint density at radius 3 is 3.04 bits per heavy atom. The van der Waals surface area contributed by atoms with Crippen LogP contribution in [0.25, 0.3) is 0 Å². The molecule has 1 aromatic carbocycles. The molecular formula is C17H19ClFN3O. The minimum Gasteiger partial charge on any atom is -0.487 e. The van der Waals surface area contributed by atoms with Gasteiger partial charge in [-0.15, -0.1) is 0 Å². The summed E-state index contributed by atoms with van der Waals surface area (Å²) in [6, 6.07) is 6.69. The number of halogens is 2. The van der Waals surface area contributed by atoms with Crippen molar-refractivity contribution in [3.05, 3.63) is 58.6 Å². The van der Waals surface area contributed by atoms with Crippen molar-refractivity contribution in [2.45, 2.75) is 25.6 Å². The van der Waals surface area contributed by atoms with E-state index in [9.17, 15) is 4.39 Å². The Labute approximate surface area is 140 Å². The Morgan fingerprint density at radius 1 is 1.35 bits per heavy atom. The van der Waals surface area contributed by atoms with Crippen molar-refractivity contribution < 1.29 is 9.13 Å². The van der Waals surface area contributed by atoms with Gasteiger partial charge < -0.3 is 15.4 Å². The normalized spacial score (nSPS) is 17.4. The lowest BCUT2D eigenvalue weighted by atomic mass is 10.2. The van der Waals surface area contributed by atoms with Crippen LogP contribution in [0.5, 0.6) is 5.75 Å². The number of hydrogen-bond acceptors (Lipinski definition) is 4. The van der Waals surface area contributed by atoms with E-state index >= 15 is 0 Å². The van der Waals surface area contributed by atoms with Crippen molar-refractivity contribution in [3.63, 3.8) is 0 Å². The quantitative estimate of drug-likeness (QED) is 0.852. The van der Waals surface area contributed by atoms with Crippen molar-refractivity contribution in [2.75, 3.05) is 13.1 Å². The maximum atomic E-state index is 13.2. The average Bonchev–Trinajstić information content (AvgIpc) is 3.05. The minimum atomic E-state index is -0.398. The third-order valence-corrected chi connectivity index (χ3v) is 4.10. The summed E-state index contributed by atoms with van der Waals surface area (Å²) in [6.07, 6.45) is 4.72. The van der Waals surface area contributed by atoms with E-state index in [-0.39, 0.29) is 11.1 Å². The number of rotatable bonds is 6. The Kier molecular flexibility index (Phi) is 5.43. The molecule has 23 heavy (non-hydrogen) atoms. The van der Waals surface area contributed by atoms with Crippen LogP contribution in [0, 0.1) is 5.82 Å². The molecule has 4 nitrogen and oxygen atoms in total. The van der Waals surface area contributed by atoms with Gasteiger partial charge in [0.05, 0.1) is 11.2 Å². The molecule has 1 atom stereocenters. The van der Waals surface area contributed by atoms with Gasteiger partial charge in [0, 0.05) is 31.4 Å². The fourth-order valence-corrected chi connectivity index (χ4v) is 2.76. The highest BCUT2D eigenvalue weighted by Gasteiger charge is 2.17. The van der Waals surface area contributed by atoms with E-state index in [1.807, 2.05) is 6.07 Å². The van der Waals surface area contributed by atoms with Gasteiger partial charge in [-0.2, -0.15) is 0 Å².